The van der Waals surface area contributed by atoms with Crippen molar-refractivity contribution < 1.29 is 0 Å². The molecule has 0 amide bonds. The second-order valence-electron chi connectivity index (χ2n) is 12.4. The van der Waals surface area contributed by atoms with E-state index in [0.717, 1.165) is 0 Å². The Labute approximate surface area is 172 Å². The predicted octanol–water partition coefficient (Wildman–Crippen LogP) is 9.71. The van der Waals surface area contributed by atoms with Gasteiger partial charge in [0.05, 0.1) is 31.0 Å². The lowest BCUT2D eigenvalue weighted by Crippen LogP contribution is -2.33. The highest BCUT2D eigenvalue weighted by molar-refractivity contribution is 8.46. The Morgan fingerprint density at radius 2 is 1.11 bits per heavy atom. The van der Waals surface area contributed by atoms with Crippen molar-refractivity contribution in [3.05, 3.63) is 35.4 Å². The van der Waals surface area contributed by atoms with Crippen LogP contribution >= 0.6 is 21.1 Å². The van der Waals surface area contributed by atoms with Gasteiger partial charge in [0.25, 0.3) is 0 Å². The van der Waals surface area contributed by atoms with E-state index >= 15 is 0 Å². The zero-order valence-electron chi connectivity index (χ0n) is 20.1. The fraction of sp³-hybridized carbons (Fsp3) is 0.750. The summed E-state index contributed by atoms with van der Waals surface area (Å²) in [5, 5.41) is 1.41. The third-order valence-electron chi connectivity index (χ3n) is 6.66. The summed E-state index contributed by atoms with van der Waals surface area (Å²) in [6.07, 6.45) is 2.62. The van der Waals surface area contributed by atoms with E-state index in [4.69, 9.17) is 0 Å². The Kier molecular flexibility index (Phi) is 6.11. The Morgan fingerprint density at radius 1 is 0.704 bits per heavy atom. The lowest BCUT2D eigenvalue weighted by Gasteiger charge is -2.50. The van der Waals surface area contributed by atoms with Crippen LogP contribution in [0.2, 0.25) is 0 Å². The van der Waals surface area contributed by atoms with E-state index in [-0.39, 0.29) is 0 Å². The number of fused-ring (bicyclic) bond motifs is 1. The molecule has 1 aromatic carbocycles. The van der Waals surface area contributed by atoms with E-state index < -0.39 is 13.5 Å². The Bertz CT molecular complexity index is 712. The summed E-state index contributed by atoms with van der Waals surface area (Å²) in [5.41, 5.74) is 3.30. The van der Waals surface area contributed by atoms with E-state index in [1.165, 1.54) is 12.3 Å². The third kappa shape index (κ3) is 3.90. The first kappa shape index (κ1) is 23.7. The van der Waals surface area contributed by atoms with Crippen LogP contribution in [-0.4, -0.2) is 20.6 Å². The zero-order valence-corrected chi connectivity index (χ0v) is 22.7. The molecule has 0 radical (unpaired) electrons. The highest BCUT2D eigenvalue weighted by Crippen LogP contribution is 2.96. The van der Waals surface area contributed by atoms with Crippen LogP contribution in [0.5, 0.6) is 0 Å². The smallest absolute Gasteiger partial charge is 0.0620 e. The third-order valence-corrected chi connectivity index (χ3v) is 33.1. The molecule has 1 aliphatic heterocycles. The monoisotopic (exact) mass is 425 g/mol. The fourth-order valence-corrected chi connectivity index (χ4v) is 36.0. The van der Waals surface area contributed by atoms with Crippen molar-refractivity contribution in [2.45, 2.75) is 116 Å². The second-order valence-corrected chi connectivity index (χ2v) is 27.9. The quantitative estimate of drug-likeness (QED) is 0.363. The molecule has 0 spiro atoms. The second kappa shape index (κ2) is 6.97. The molecule has 154 valence electrons. The Balaban J connectivity index is 3.09. The molecule has 1 heterocycles. The number of hydrogen-bond acceptors (Lipinski definition) is 0. The van der Waals surface area contributed by atoms with Crippen LogP contribution in [0, 0.1) is 0 Å². The molecule has 1 aliphatic rings. The molecule has 0 bridgehead atoms. The highest BCUT2D eigenvalue weighted by Gasteiger charge is 2.61. The minimum absolute atomic E-state index is 0.353. The fourth-order valence-electron chi connectivity index (χ4n) is 5.18. The first-order valence-corrected chi connectivity index (χ1v) is 16.7. The average molecular weight is 426 g/mol. The minimum Gasteiger partial charge on any atom is -0.0620 e. The van der Waals surface area contributed by atoms with Gasteiger partial charge in [-0.25, -0.2) is 0 Å². The van der Waals surface area contributed by atoms with E-state index in [1.54, 1.807) is 11.1 Å². The maximum Gasteiger partial charge on any atom is 0.0925 e. The Hall–Kier alpha value is 0.380. The van der Waals surface area contributed by atoms with Crippen LogP contribution in [0.1, 0.15) is 94.2 Å². The van der Waals surface area contributed by atoms with Gasteiger partial charge in [-0.2, -0.15) is 0 Å². The van der Waals surface area contributed by atoms with Gasteiger partial charge in [-0.3, -0.25) is 0 Å². The summed E-state index contributed by atoms with van der Waals surface area (Å²) in [7, 11) is 1.85. The Morgan fingerprint density at radius 3 is 1.48 bits per heavy atom. The molecule has 0 atom stereocenters. The van der Waals surface area contributed by atoms with Gasteiger partial charge in [-0.1, -0.05) is 65.8 Å². The summed E-state index contributed by atoms with van der Waals surface area (Å²) >= 11 is 0. The van der Waals surface area contributed by atoms with E-state index in [0.29, 0.717) is 20.6 Å². The molecule has 27 heavy (non-hydrogen) atoms. The zero-order chi connectivity index (χ0) is 21.1. The molecule has 3 heteroatoms. The number of hydrogen-bond donors (Lipinski definition) is 0. The SMILES string of the molecule is CC(C)(C)P1(C(C)(C)C)=P[P+](C(C)(C)C)(C(C)(C)C)Cc2ccccc2C1. The summed E-state index contributed by atoms with van der Waals surface area (Å²) in [4.78, 5) is 0. The highest BCUT2D eigenvalue weighted by atomic mass is 32.3. The van der Waals surface area contributed by atoms with Crippen molar-refractivity contribution in [2.24, 2.45) is 0 Å². The normalized spacial score (nSPS) is 21.0. The van der Waals surface area contributed by atoms with Crippen LogP contribution in [0.4, 0.5) is 0 Å². The van der Waals surface area contributed by atoms with Crippen molar-refractivity contribution >= 4 is 21.1 Å². The van der Waals surface area contributed by atoms with Crippen molar-refractivity contribution in [3.63, 3.8) is 0 Å². The van der Waals surface area contributed by atoms with Crippen LogP contribution in [0.15, 0.2) is 24.3 Å². The topological polar surface area (TPSA) is 0 Å². The van der Waals surface area contributed by atoms with Gasteiger partial charge in [-0.15, -0.1) is 0 Å². The van der Waals surface area contributed by atoms with Gasteiger partial charge in [0, 0.05) is 6.16 Å². The molecule has 1 aromatic rings. The standard InChI is InChI=1S/C24H44P3/c1-21(2,3)26(22(4,5)6)17-19-15-13-14-16-20(19)18-27(25-26,23(7,8)9)24(10,11)12/h13-16H,17-18H2,1-12H3/q+1. The molecular formula is C24H44P3+. The van der Waals surface area contributed by atoms with Crippen molar-refractivity contribution in [2.75, 3.05) is 0 Å². The summed E-state index contributed by atoms with van der Waals surface area (Å²) in [5.74, 6) is 0. The van der Waals surface area contributed by atoms with Gasteiger partial charge < -0.3 is 0 Å². The van der Waals surface area contributed by atoms with E-state index in [1.807, 2.05) is 7.56 Å². The molecule has 0 unspecified atom stereocenters. The molecule has 0 saturated heterocycles. The number of benzene rings is 1. The number of rotatable bonds is 0. The van der Waals surface area contributed by atoms with Gasteiger partial charge in [0.2, 0.25) is 0 Å². The predicted molar refractivity (Wildman–Crippen MR) is 134 cm³/mol. The molecular weight excluding hydrogens is 381 g/mol. The molecule has 0 aliphatic carbocycles. The van der Waals surface area contributed by atoms with Gasteiger partial charge in [0.15, 0.2) is 0 Å². The minimum atomic E-state index is -1.33. The molecule has 0 N–H and O–H groups in total. The summed E-state index contributed by atoms with van der Waals surface area (Å²) in [6, 6.07) is 9.44. The summed E-state index contributed by atoms with van der Waals surface area (Å²) < 4.78 is 0. The van der Waals surface area contributed by atoms with Crippen molar-refractivity contribution in [3.8, 4) is 0 Å². The first-order valence-electron chi connectivity index (χ1n) is 10.5. The van der Waals surface area contributed by atoms with Crippen molar-refractivity contribution in [1.29, 1.82) is 0 Å². The molecule has 0 saturated carbocycles. The molecule has 0 aromatic heterocycles. The largest absolute Gasteiger partial charge is 0.0925 e. The molecule has 0 fully saturated rings. The molecule has 0 nitrogen and oxygen atoms in total. The first-order chi connectivity index (χ1) is 11.9. The van der Waals surface area contributed by atoms with Gasteiger partial charge in [0.1, 0.15) is 0 Å². The maximum absolute atomic E-state index is 2.55. The van der Waals surface area contributed by atoms with Crippen LogP contribution in [0.25, 0.3) is 0 Å². The van der Waals surface area contributed by atoms with E-state index in [9.17, 15) is 0 Å². The van der Waals surface area contributed by atoms with Gasteiger partial charge >= 0.3 is 0 Å². The summed E-state index contributed by atoms with van der Waals surface area (Å²) in [6.45, 7) is 27.9. The van der Waals surface area contributed by atoms with Crippen molar-refractivity contribution in [1.82, 2.24) is 0 Å². The van der Waals surface area contributed by atoms with Crippen LogP contribution in [-0.2, 0) is 12.3 Å². The average Bonchev–Trinajstić information content (AvgIpc) is 2.60. The molecule has 2 rings (SSSR count). The lowest BCUT2D eigenvalue weighted by molar-refractivity contribution is 0.697. The lowest BCUT2D eigenvalue weighted by atomic mass is 10.1. The van der Waals surface area contributed by atoms with Crippen LogP contribution < -0.4 is 0 Å². The van der Waals surface area contributed by atoms with Gasteiger partial charge in [-0.05, 0) is 69.5 Å². The maximum atomic E-state index is 2.55. The van der Waals surface area contributed by atoms with E-state index in [2.05, 4.69) is 107 Å². The van der Waals surface area contributed by atoms with Crippen LogP contribution in [0.3, 0.4) is 0 Å².